The molecule has 1 aromatic rings. The Labute approximate surface area is 91.8 Å². The van der Waals surface area contributed by atoms with Gasteiger partial charge in [0.15, 0.2) is 0 Å². The monoisotopic (exact) mass is 219 g/mol. The van der Waals surface area contributed by atoms with Gasteiger partial charge in [-0.1, -0.05) is 24.8 Å². The van der Waals surface area contributed by atoms with Crippen LogP contribution in [0.3, 0.4) is 0 Å². The summed E-state index contributed by atoms with van der Waals surface area (Å²) in [5, 5.41) is 10.7. The lowest BCUT2D eigenvalue weighted by atomic mass is 10.1. The highest BCUT2D eigenvalue weighted by molar-refractivity contribution is 5.89. The molecule has 0 heterocycles. The molecule has 82 valence electrons. The van der Waals surface area contributed by atoms with Crippen LogP contribution in [0.25, 0.3) is 5.70 Å². The van der Waals surface area contributed by atoms with E-state index in [9.17, 15) is 14.9 Å². The molecule has 0 aliphatic rings. The molecule has 0 atom stereocenters. The van der Waals surface area contributed by atoms with Gasteiger partial charge >= 0.3 is 5.97 Å². The van der Waals surface area contributed by atoms with Crippen LogP contribution in [0.15, 0.2) is 49.2 Å². The molecule has 1 rings (SSSR count). The van der Waals surface area contributed by atoms with Gasteiger partial charge in [-0.3, -0.25) is 10.1 Å². The van der Waals surface area contributed by atoms with Crippen LogP contribution in [-0.4, -0.2) is 10.9 Å². The summed E-state index contributed by atoms with van der Waals surface area (Å²) in [5.74, 6) is -0.828. The zero-order valence-electron chi connectivity index (χ0n) is 8.33. The standard InChI is InChI=1S/C11H9NO4/c1-2-16-11(13)8-10(12(14)15)9-6-4-3-5-7-9/h2-8H,1H2/b10-8-. The van der Waals surface area contributed by atoms with Gasteiger partial charge in [-0.25, -0.2) is 4.79 Å². The highest BCUT2D eigenvalue weighted by atomic mass is 16.6. The minimum atomic E-state index is -0.828. The molecule has 0 aromatic heterocycles. The minimum absolute atomic E-state index is 0.313. The highest BCUT2D eigenvalue weighted by Gasteiger charge is 2.16. The van der Waals surface area contributed by atoms with Crippen molar-refractivity contribution in [1.29, 1.82) is 0 Å². The van der Waals surface area contributed by atoms with Crippen LogP contribution in [0.4, 0.5) is 0 Å². The van der Waals surface area contributed by atoms with E-state index in [1.807, 2.05) is 0 Å². The Balaban J connectivity index is 3.05. The minimum Gasteiger partial charge on any atom is -0.432 e. The maximum atomic E-state index is 11.1. The maximum Gasteiger partial charge on any atom is 0.342 e. The lowest BCUT2D eigenvalue weighted by Gasteiger charge is -1.97. The predicted molar refractivity (Wildman–Crippen MR) is 57.7 cm³/mol. The molecule has 0 aliphatic heterocycles. The van der Waals surface area contributed by atoms with E-state index in [-0.39, 0.29) is 5.70 Å². The van der Waals surface area contributed by atoms with Gasteiger partial charge in [-0.05, 0) is 12.1 Å². The summed E-state index contributed by atoms with van der Waals surface area (Å²) in [6.07, 6.45) is 1.73. The number of carbonyl (C=O) groups excluding carboxylic acids is 1. The van der Waals surface area contributed by atoms with Gasteiger partial charge in [0.1, 0.15) is 6.08 Å². The smallest absolute Gasteiger partial charge is 0.342 e. The Morgan fingerprint density at radius 1 is 1.38 bits per heavy atom. The molecule has 0 fully saturated rings. The van der Waals surface area contributed by atoms with Crippen molar-refractivity contribution in [1.82, 2.24) is 0 Å². The topological polar surface area (TPSA) is 69.4 Å². The molecular formula is C11H9NO4. The van der Waals surface area contributed by atoms with E-state index < -0.39 is 10.9 Å². The molecule has 5 nitrogen and oxygen atoms in total. The third kappa shape index (κ3) is 3.06. The molecule has 0 N–H and O–H groups in total. The van der Waals surface area contributed by atoms with Crippen molar-refractivity contribution in [2.24, 2.45) is 0 Å². The second-order valence-electron chi connectivity index (χ2n) is 2.76. The third-order valence-electron chi connectivity index (χ3n) is 1.72. The van der Waals surface area contributed by atoms with Crippen molar-refractivity contribution in [3.8, 4) is 0 Å². The van der Waals surface area contributed by atoms with E-state index >= 15 is 0 Å². The van der Waals surface area contributed by atoms with E-state index in [1.54, 1.807) is 18.2 Å². The van der Waals surface area contributed by atoms with Crippen LogP contribution in [0.1, 0.15) is 5.56 Å². The first-order valence-electron chi connectivity index (χ1n) is 4.38. The van der Waals surface area contributed by atoms with Crippen LogP contribution in [0.5, 0.6) is 0 Å². The average Bonchev–Trinajstić information content (AvgIpc) is 2.27. The molecule has 0 bridgehead atoms. The normalized spacial score (nSPS) is 10.6. The quantitative estimate of drug-likeness (QED) is 0.255. The number of hydrogen-bond donors (Lipinski definition) is 0. The van der Waals surface area contributed by atoms with Gasteiger partial charge in [0, 0.05) is 0 Å². The summed E-state index contributed by atoms with van der Waals surface area (Å²) >= 11 is 0. The molecule has 0 amide bonds. The van der Waals surface area contributed by atoms with Crippen LogP contribution in [0, 0.1) is 10.1 Å². The number of nitro groups is 1. The molecule has 0 unspecified atom stereocenters. The molecule has 0 saturated heterocycles. The number of rotatable bonds is 4. The van der Waals surface area contributed by atoms with E-state index in [0.717, 1.165) is 12.3 Å². The Bertz CT molecular complexity index is 437. The van der Waals surface area contributed by atoms with Crippen LogP contribution in [-0.2, 0) is 9.53 Å². The van der Waals surface area contributed by atoms with Crippen LogP contribution >= 0.6 is 0 Å². The number of benzene rings is 1. The first kappa shape index (κ1) is 11.6. The number of nitrogens with zero attached hydrogens (tertiary/aromatic N) is 1. The average molecular weight is 219 g/mol. The first-order valence-corrected chi connectivity index (χ1v) is 4.38. The number of ether oxygens (including phenoxy) is 1. The number of carbonyl (C=O) groups is 1. The summed E-state index contributed by atoms with van der Waals surface area (Å²) in [6, 6.07) is 8.09. The summed E-state index contributed by atoms with van der Waals surface area (Å²) < 4.78 is 4.39. The lowest BCUT2D eigenvalue weighted by molar-refractivity contribution is -0.375. The van der Waals surface area contributed by atoms with Gasteiger partial charge in [0.25, 0.3) is 5.70 Å². The van der Waals surface area contributed by atoms with Crippen molar-refractivity contribution in [2.45, 2.75) is 0 Å². The summed E-state index contributed by atoms with van der Waals surface area (Å²) in [4.78, 5) is 21.2. The van der Waals surface area contributed by atoms with Crippen LogP contribution < -0.4 is 0 Å². The molecule has 16 heavy (non-hydrogen) atoms. The Morgan fingerprint density at radius 3 is 2.50 bits per heavy atom. The second-order valence-corrected chi connectivity index (χ2v) is 2.76. The van der Waals surface area contributed by atoms with Gasteiger partial charge in [0.2, 0.25) is 0 Å². The third-order valence-corrected chi connectivity index (χ3v) is 1.72. The fraction of sp³-hybridized carbons (Fsp3) is 0. The fourth-order valence-electron chi connectivity index (χ4n) is 1.08. The zero-order valence-corrected chi connectivity index (χ0v) is 8.33. The van der Waals surface area contributed by atoms with Gasteiger partial charge in [-0.2, -0.15) is 0 Å². The molecule has 0 saturated carbocycles. The van der Waals surface area contributed by atoms with Crippen LogP contribution in [0.2, 0.25) is 0 Å². The zero-order chi connectivity index (χ0) is 12.0. The SMILES string of the molecule is C=COC(=O)/C=C(/c1ccccc1)[N+](=O)[O-]. The van der Waals surface area contributed by atoms with Crippen molar-refractivity contribution in [3.05, 3.63) is 64.9 Å². The second kappa shape index (κ2) is 5.45. The first-order chi connectivity index (χ1) is 7.65. The van der Waals surface area contributed by atoms with Crippen molar-refractivity contribution < 1.29 is 14.5 Å². The van der Waals surface area contributed by atoms with Crippen molar-refractivity contribution in [2.75, 3.05) is 0 Å². The van der Waals surface area contributed by atoms with Gasteiger partial charge in [0.05, 0.1) is 16.7 Å². The molecule has 0 aliphatic carbocycles. The number of hydrogen-bond acceptors (Lipinski definition) is 4. The highest BCUT2D eigenvalue weighted by Crippen LogP contribution is 2.14. The lowest BCUT2D eigenvalue weighted by Crippen LogP contribution is -2.03. The molecule has 0 radical (unpaired) electrons. The predicted octanol–water partition coefficient (Wildman–Crippen LogP) is 1.99. The van der Waals surface area contributed by atoms with E-state index in [4.69, 9.17) is 0 Å². The van der Waals surface area contributed by atoms with Crippen molar-refractivity contribution in [3.63, 3.8) is 0 Å². The summed E-state index contributed by atoms with van der Waals surface area (Å²) in [6.45, 7) is 3.18. The Kier molecular flexibility index (Phi) is 3.97. The molecular weight excluding hydrogens is 210 g/mol. The Hall–Kier alpha value is -2.43. The maximum absolute atomic E-state index is 11.1. The largest absolute Gasteiger partial charge is 0.432 e. The van der Waals surface area contributed by atoms with Crippen molar-refractivity contribution >= 4 is 11.7 Å². The van der Waals surface area contributed by atoms with E-state index in [1.165, 1.54) is 12.1 Å². The van der Waals surface area contributed by atoms with Gasteiger partial charge < -0.3 is 4.74 Å². The summed E-state index contributed by atoms with van der Waals surface area (Å²) in [7, 11) is 0. The van der Waals surface area contributed by atoms with E-state index in [0.29, 0.717) is 5.56 Å². The molecule has 1 aromatic carbocycles. The molecule has 0 spiro atoms. The molecule has 5 heteroatoms. The fourth-order valence-corrected chi connectivity index (χ4v) is 1.08. The van der Waals surface area contributed by atoms with Gasteiger partial charge in [-0.15, -0.1) is 0 Å². The summed E-state index contributed by atoms with van der Waals surface area (Å²) in [5.41, 5.74) is 0.0287. The number of esters is 1. The Morgan fingerprint density at radius 2 is 2.00 bits per heavy atom. The van der Waals surface area contributed by atoms with E-state index in [2.05, 4.69) is 11.3 Å².